The summed E-state index contributed by atoms with van der Waals surface area (Å²) in [5.41, 5.74) is 1.79. The van der Waals surface area contributed by atoms with Gasteiger partial charge in [-0.05, 0) is 66.2 Å². The third-order valence-corrected chi connectivity index (χ3v) is 4.49. The third kappa shape index (κ3) is 2.96. The van der Waals surface area contributed by atoms with Crippen molar-refractivity contribution in [3.63, 3.8) is 0 Å². The average molecular weight is 328 g/mol. The van der Waals surface area contributed by atoms with Crippen LogP contribution in [0.5, 0.6) is 0 Å². The zero-order valence-corrected chi connectivity index (χ0v) is 12.8. The summed E-state index contributed by atoms with van der Waals surface area (Å²) in [6, 6.07) is 5.77. The second-order valence-electron chi connectivity index (χ2n) is 4.09. The van der Waals surface area contributed by atoms with E-state index in [0.717, 1.165) is 26.4 Å². The van der Waals surface area contributed by atoms with Crippen LogP contribution in [-0.4, -0.2) is 10.1 Å². The lowest BCUT2D eigenvalue weighted by Crippen LogP contribution is -1.90. The van der Waals surface area contributed by atoms with Gasteiger partial charge in [0.25, 0.3) is 5.22 Å². The first-order chi connectivity index (χ1) is 8.47. The lowest BCUT2D eigenvalue weighted by atomic mass is 10.1. The predicted octanol–water partition coefficient (Wildman–Crippen LogP) is 4.26. The Hall–Kier alpha value is -0.780. The molecule has 3 nitrogen and oxygen atoms in total. The van der Waals surface area contributed by atoms with Gasteiger partial charge in [-0.25, -0.2) is 4.98 Å². The van der Waals surface area contributed by atoms with Crippen LogP contribution in [0.25, 0.3) is 0 Å². The van der Waals surface area contributed by atoms with Crippen LogP contribution >= 0.6 is 27.7 Å². The van der Waals surface area contributed by atoms with Crippen LogP contribution in [0.2, 0.25) is 0 Å². The summed E-state index contributed by atoms with van der Waals surface area (Å²) in [6.45, 7) is 5.57. The van der Waals surface area contributed by atoms with Crippen molar-refractivity contribution in [2.24, 2.45) is 0 Å². The van der Waals surface area contributed by atoms with Gasteiger partial charge in [0.15, 0.2) is 0 Å². The molecule has 1 aromatic heterocycles. The second kappa shape index (κ2) is 5.47. The van der Waals surface area contributed by atoms with Crippen LogP contribution in [0.3, 0.4) is 0 Å². The van der Waals surface area contributed by atoms with Gasteiger partial charge in [-0.1, -0.05) is 6.07 Å². The maximum Gasteiger partial charge on any atom is 0.261 e. The van der Waals surface area contributed by atoms with Crippen molar-refractivity contribution in [3.8, 4) is 0 Å². The van der Waals surface area contributed by atoms with Crippen molar-refractivity contribution in [1.29, 1.82) is 0 Å². The number of halogens is 1. The van der Waals surface area contributed by atoms with E-state index < -0.39 is 6.10 Å². The molecule has 1 atom stereocenters. The van der Waals surface area contributed by atoms with Crippen molar-refractivity contribution in [3.05, 3.63) is 39.7 Å². The van der Waals surface area contributed by atoms with Gasteiger partial charge in [0.1, 0.15) is 5.76 Å². The average Bonchev–Trinajstić information content (AvgIpc) is 2.61. The van der Waals surface area contributed by atoms with Gasteiger partial charge in [0, 0.05) is 9.37 Å². The lowest BCUT2D eigenvalue weighted by molar-refractivity contribution is 0.199. The monoisotopic (exact) mass is 327 g/mol. The van der Waals surface area contributed by atoms with Crippen LogP contribution in [0.4, 0.5) is 0 Å². The molecule has 0 spiro atoms. The Morgan fingerprint density at radius 2 is 2.11 bits per heavy atom. The molecule has 0 amide bonds. The molecule has 0 radical (unpaired) electrons. The number of hydrogen-bond acceptors (Lipinski definition) is 4. The molecule has 0 unspecified atom stereocenters. The Balaban J connectivity index is 2.24. The zero-order chi connectivity index (χ0) is 13.3. The first-order valence-electron chi connectivity index (χ1n) is 5.56. The lowest BCUT2D eigenvalue weighted by Gasteiger charge is -2.07. The van der Waals surface area contributed by atoms with Crippen molar-refractivity contribution in [2.75, 3.05) is 0 Å². The van der Waals surface area contributed by atoms with Gasteiger partial charge >= 0.3 is 0 Å². The number of aliphatic hydroxyl groups excluding tert-OH is 1. The van der Waals surface area contributed by atoms with Gasteiger partial charge in [0.2, 0.25) is 0 Å². The molecule has 2 aromatic rings. The van der Waals surface area contributed by atoms with Gasteiger partial charge in [-0.3, -0.25) is 0 Å². The molecule has 18 heavy (non-hydrogen) atoms. The Morgan fingerprint density at radius 1 is 1.39 bits per heavy atom. The molecule has 2 rings (SSSR count). The number of nitrogens with zero attached hydrogens (tertiary/aromatic N) is 1. The summed E-state index contributed by atoms with van der Waals surface area (Å²) in [6.07, 6.45) is -0.466. The van der Waals surface area contributed by atoms with Crippen molar-refractivity contribution in [1.82, 2.24) is 4.98 Å². The fraction of sp³-hybridized carbons (Fsp3) is 0.308. The Morgan fingerprint density at radius 3 is 2.61 bits per heavy atom. The summed E-state index contributed by atoms with van der Waals surface area (Å²) < 4.78 is 6.46. The van der Waals surface area contributed by atoms with Crippen molar-refractivity contribution < 1.29 is 9.52 Å². The van der Waals surface area contributed by atoms with Crippen LogP contribution in [0.1, 0.15) is 30.0 Å². The Labute approximate surface area is 119 Å². The minimum atomic E-state index is -0.466. The van der Waals surface area contributed by atoms with E-state index in [4.69, 9.17) is 4.42 Å². The molecule has 0 aliphatic heterocycles. The molecule has 0 aliphatic rings. The fourth-order valence-electron chi connectivity index (χ4n) is 1.44. The van der Waals surface area contributed by atoms with Crippen LogP contribution in [0.15, 0.2) is 37.2 Å². The molecule has 1 N–H and O–H groups in total. The molecule has 0 saturated carbocycles. The molecule has 5 heteroatoms. The number of aliphatic hydroxyl groups is 1. The summed E-state index contributed by atoms with van der Waals surface area (Å²) in [5.74, 6) is 0.842. The van der Waals surface area contributed by atoms with E-state index >= 15 is 0 Å². The van der Waals surface area contributed by atoms with Crippen LogP contribution < -0.4 is 0 Å². The van der Waals surface area contributed by atoms with E-state index in [0.29, 0.717) is 5.22 Å². The zero-order valence-electron chi connectivity index (χ0n) is 10.4. The first-order valence-corrected chi connectivity index (χ1v) is 7.17. The summed E-state index contributed by atoms with van der Waals surface area (Å²) >= 11 is 4.96. The highest BCUT2D eigenvalue weighted by Gasteiger charge is 2.11. The summed E-state index contributed by atoms with van der Waals surface area (Å²) in [7, 11) is 0. The Bertz CT molecular complexity index is 547. The van der Waals surface area contributed by atoms with Gasteiger partial charge < -0.3 is 9.52 Å². The first kappa shape index (κ1) is 13.6. The fourth-order valence-corrected chi connectivity index (χ4v) is 2.91. The molecule has 1 heterocycles. The maximum atomic E-state index is 9.51. The molecule has 96 valence electrons. The highest BCUT2D eigenvalue weighted by atomic mass is 79.9. The van der Waals surface area contributed by atoms with E-state index in [1.54, 1.807) is 6.92 Å². The van der Waals surface area contributed by atoms with Crippen LogP contribution in [-0.2, 0) is 0 Å². The van der Waals surface area contributed by atoms with E-state index in [1.165, 1.54) is 11.8 Å². The summed E-state index contributed by atoms with van der Waals surface area (Å²) in [4.78, 5) is 5.34. The molecular formula is C13H14BrNO2S. The maximum absolute atomic E-state index is 9.51. The van der Waals surface area contributed by atoms with E-state index in [1.807, 2.05) is 32.0 Å². The van der Waals surface area contributed by atoms with E-state index in [-0.39, 0.29) is 0 Å². The Kier molecular flexibility index (Phi) is 4.14. The number of benzene rings is 1. The minimum Gasteiger partial charge on any atom is -0.436 e. The smallest absolute Gasteiger partial charge is 0.261 e. The SMILES string of the molecule is Cc1nc(Sc2ccc([C@H](C)O)cc2Br)oc1C. The molecular weight excluding hydrogens is 314 g/mol. The molecule has 0 aliphatic carbocycles. The number of oxazole rings is 1. The van der Waals surface area contributed by atoms with Gasteiger partial charge in [0.05, 0.1) is 11.8 Å². The quantitative estimate of drug-likeness (QED) is 0.914. The third-order valence-electron chi connectivity index (χ3n) is 2.64. The standard InChI is InChI=1S/C13H14BrNO2S/c1-7-9(3)17-13(15-7)18-12-5-4-10(8(2)16)6-11(12)14/h4-6,8,16H,1-3H3/t8-/m0/s1. The predicted molar refractivity (Wildman–Crippen MR) is 74.9 cm³/mol. The van der Waals surface area contributed by atoms with Crippen molar-refractivity contribution >= 4 is 27.7 Å². The van der Waals surface area contributed by atoms with Gasteiger partial charge in [-0.15, -0.1) is 0 Å². The molecule has 0 fully saturated rings. The second-order valence-corrected chi connectivity index (χ2v) is 5.94. The largest absolute Gasteiger partial charge is 0.436 e. The number of aryl methyl sites for hydroxylation is 2. The normalized spacial score (nSPS) is 12.7. The minimum absolute atomic E-state index is 0.466. The highest BCUT2D eigenvalue weighted by molar-refractivity contribution is 9.10. The number of rotatable bonds is 3. The van der Waals surface area contributed by atoms with E-state index in [2.05, 4.69) is 20.9 Å². The number of hydrogen-bond donors (Lipinski definition) is 1. The summed E-state index contributed by atoms with van der Waals surface area (Å²) in [5, 5.41) is 10.1. The van der Waals surface area contributed by atoms with Gasteiger partial charge in [-0.2, -0.15) is 0 Å². The topological polar surface area (TPSA) is 46.3 Å². The number of aromatic nitrogens is 1. The van der Waals surface area contributed by atoms with Crippen molar-refractivity contribution in [2.45, 2.75) is 37.0 Å². The molecule has 0 bridgehead atoms. The van der Waals surface area contributed by atoms with E-state index in [9.17, 15) is 5.11 Å². The van der Waals surface area contributed by atoms with Crippen LogP contribution in [0, 0.1) is 13.8 Å². The molecule has 0 saturated heterocycles. The highest BCUT2D eigenvalue weighted by Crippen LogP contribution is 2.35. The molecule has 1 aromatic carbocycles.